The maximum atomic E-state index is 11.2. The van der Waals surface area contributed by atoms with E-state index in [1.165, 1.54) is 11.8 Å². The summed E-state index contributed by atoms with van der Waals surface area (Å²) in [6.07, 6.45) is 0.664. The number of aryl methyl sites for hydroxylation is 2. The van der Waals surface area contributed by atoms with Crippen molar-refractivity contribution in [3.05, 3.63) is 40.3 Å². The van der Waals surface area contributed by atoms with Gasteiger partial charge in [0.05, 0.1) is 16.6 Å². The summed E-state index contributed by atoms with van der Waals surface area (Å²) in [6, 6.07) is 5.97. The molecule has 1 aromatic carbocycles. The zero-order valence-corrected chi connectivity index (χ0v) is 12.9. The molecule has 0 saturated heterocycles. The van der Waals surface area contributed by atoms with Crippen LogP contribution in [0.25, 0.3) is 11.0 Å². The molecule has 5 nitrogen and oxygen atoms in total. The van der Waals surface area contributed by atoms with Gasteiger partial charge in [-0.25, -0.2) is 15.0 Å². The van der Waals surface area contributed by atoms with Crippen molar-refractivity contribution in [2.75, 3.05) is 0 Å². The number of fused-ring (bicyclic) bond motifs is 1. The fraction of sp³-hybridized carbons (Fsp3) is 0.143. The van der Waals surface area contributed by atoms with Crippen molar-refractivity contribution in [2.24, 2.45) is 0 Å². The van der Waals surface area contributed by atoms with Crippen LogP contribution in [-0.4, -0.2) is 26.2 Å². The number of imidazole rings is 1. The number of nitrogens with one attached hydrogen (secondary N) is 1. The van der Waals surface area contributed by atoms with Gasteiger partial charge in [0.25, 0.3) is 0 Å². The molecule has 0 aliphatic carbocycles. The Morgan fingerprint density at radius 2 is 2.05 bits per heavy atom. The lowest BCUT2D eigenvalue weighted by molar-refractivity contribution is 0.112. The van der Waals surface area contributed by atoms with Crippen LogP contribution < -0.4 is 0 Å². The lowest BCUT2D eigenvalue weighted by atomic mass is 10.2. The zero-order chi connectivity index (χ0) is 15.0. The number of nitrogens with zero attached hydrogens (tertiary/aromatic N) is 3. The number of aromatic nitrogens is 4. The van der Waals surface area contributed by atoms with E-state index in [4.69, 9.17) is 11.6 Å². The van der Waals surface area contributed by atoms with Crippen molar-refractivity contribution >= 4 is 40.7 Å². The predicted octanol–water partition coefficient (Wildman–Crippen LogP) is 3.59. The minimum atomic E-state index is 0.159. The molecule has 2 aromatic heterocycles. The standard InChI is InChI=1S/C14H11ClN4OS/c1-7-3-4-10-11(5-7)19-14(18-10)21-13-9(6-20)12(15)16-8(2)17-13/h3-6H,1-2H3,(H,18,19). The molecular weight excluding hydrogens is 308 g/mol. The Morgan fingerprint density at radius 3 is 2.81 bits per heavy atom. The van der Waals surface area contributed by atoms with Crippen molar-refractivity contribution in [1.29, 1.82) is 0 Å². The van der Waals surface area contributed by atoms with Crippen LogP contribution in [0.2, 0.25) is 5.15 Å². The third-order valence-corrected chi connectivity index (χ3v) is 4.08. The first-order valence-corrected chi connectivity index (χ1v) is 7.40. The SMILES string of the molecule is Cc1ccc2nc(Sc3nc(C)nc(Cl)c3C=O)[nH]c2c1. The van der Waals surface area contributed by atoms with E-state index >= 15 is 0 Å². The molecule has 3 aromatic rings. The first-order chi connectivity index (χ1) is 10.1. The number of rotatable bonds is 3. The van der Waals surface area contributed by atoms with E-state index in [0.29, 0.717) is 22.3 Å². The number of aldehydes is 1. The van der Waals surface area contributed by atoms with Gasteiger partial charge in [-0.2, -0.15) is 0 Å². The summed E-state index contributed by atoms with van der Waals surface area (Å²) in [5.41, 5.74) is 3.25. The molecule has 106 valence electrons. The predicted molar refractivity (Wildman–Crippen MR) is 82.1 cm³/mol. The summed E-state index contributed by atoms with van der Waals surface area (Å²) in [4.78, 5) is 27.1. The molecule has 0 fully saturated rings. The highest BCUT2D eigenvalue weighted by atomic mass is 35.5. The number of aromatic amines is 1. The molecule has 0 spiro atoms. The van der Waals surface area contributed by atoms with Gasteiger partial charge >= 0.3 is 0 Å². The summed E-state index contributed by atoms with van der Waals surface area (Å²) in [5.74, 6) is 0.514. The summed E-state index contributed by atoms with van der Waals surface area (Å²) < 4.78 is 0. The second-order valence-corrected chi connectivity index (χ2v) is 5.90. The Labute approximate surface area is 130 Å². The third-order valence-electron chi connectivity index (χ3n) is 2.90. The van der Waals surface area contributed by atoms with E-state index in [2.05, 4.69) is 19.9 Å². The maximum Gasteiger partial charge on any atom is 0.172 e. The van der Waals surface area contributed by atoms with Crippen LogP contribution in [0.15, 0.2) is 28.4 Å². The van der Waals surface area contributed by atoms with Crippen molar-refractivity contribution in [2.45, 2.75) is 24.0 Å². The molecule has 7 heteroatoms. The summed E-state index contributed by atoms with van der Waals surface area (Å²) in [6.45, 7) is 3.75. The Kier molecular flexibility index (Phi) is 3.65. The van der Waals surface area contributed by atoms with E-state index in [9.17, 15) is 4.79 Å². The van der Waals surface area contributed by atoms with Crippen molar-refractivity contribution in [1.82, 2.24) is 19.9 Å². The Hall–Kier alpha value is -1.92. The highest BCUT2D eigenvalue weighted by Gasteiger charge is 2.14. The second-order valence-electron chi connectivity index (χ2n) is 4.56. The Morgan fingerprint density at radius 1 is 1.24 bits per heavy atom. The highest BCUT2D eigenvalue weighted by molar-refractivity contribution is 7.99. The van der Waals surface area contributed by atoms with Gasteiger partial charge in [-0.3, -0.25) is 4.79 Å². The van der Waals surface area contributed by atoms with E-state index in [1.54, 1.807) is 6.92 Å². The quantitative estimate of drug-likeness (QED) is 0.590. The highest BCUT2D eigenvalue weighted by Crippen LogP contribution is 2.30. The largest absolute Gasteiger partial charge is 0.333 e. The molecular formula is C14H11ClN4OS. The fourth-order valence-electron chi connectivity index (χ4n) is 1.94. The lowest BCUT2D eigenvalue weighted by Gasteiger charge is -2.04. The van der Waals surface area contributed by atoms with Gasteiger partial charge in [0, 0.05) is 0 Å². The van der Waals surface area contributed by atoms with Gasteiger partial charge in [-0.05, 0) is 43.3 Å². The van der Waals surface area contributed by atoms with Crippen molar-refractivity contribution < 1.29 is 4.79 Å². The molecule has 0 saturated carbocycles. The van der Waals surface area contributed by atoms with Crippen molar-refractivity contribution in [3.8, 4) is 0 Å². The first kappa shape index (κ1) is 14.0. The van der Waals surface area contributed by atoms with Gasteiger partial charge in [0.15, 0.2) is 11.4 Å². The van der Waals surface area contributed by atoms with Gasteiger partial charge in [0.1, 0.15) is 16.0 Å². The van der Waals surface area contributed by atoms with Gasteiger partial charge in [0.2, 0.25) is 0 Å². The van der Waals surface area contributed by atoms with Gasteiger partial charge in [-0.1, -0.05) is 17.7 Å². The molecule has 0 atom stereocenters. The van der Waals surface area contributed by atoms with Crippen LogP contribution in [0, 0.1) is 13.8 Å². The average Bonchev–Trinajstić information content (AvgIpc) is 2.79. The molecule has 0 aliphatic heterocycles. The van der Waals surface area contributed by atoms with Crippen LogP contribution in [0.5, 0.6) is 0 Å². The van der Waals surface area contributed by atoms with E-state index in [1.807, 2.05) is 25.1 Å². The lowest BCUT2D eigenvalue weighted by Crippen LogP contribution is -1.98. The fourth-order valence-corrected chi connectivity index (χ4v) is 3.17. The second kappa shape index (κ2) is 5.46. The molecule has 3 rings (SSSR count). The monoisotopic (exact) mass is 318 g/mol. The van der Waals surface area contributed by atoms with E-state index < -0.39 is 0 Å². The average molecular weight is 319 g/mol. The van der Waals surface area contributed by atoms with Gasteiger partial charge in [-0.15, -0.1) is 0 Å². The molecule has 0 radical (unpaired) electrons. The molecule has 0 unspecified atom stereocenters. The number of carbonyl (C=O) groups is 1. The van der Waals surface area contributed by atoms with Crippen LogP contribution in [0.4, 0.5) is 0 Å². The molecule has 0 bridgehead atoms. The summed E-state index contributed by atoms with van der Waals surface area (Å²) >= 11 is 7.24. The van der Waals surface area contributed by atoms with Gasteiger partial charge < -0.3 is 4.98 Å². The zero-order valence-electron chi connectivity index (χ0n) is 11.3. The minimum Gasteiger partial charge on any atom is -0.333 e. The van der Waals surface area contributed by atoms with Crippen molar-refractivity contribution in [3.63, 3.8) is 0 Å². The number of benzene rings is 1. The Bertz CT molecular complexity index is 846. The normalized spacial score (nSPS) is 11.0. The number of H-pyrrole nitrogens is 1. The maximum absolute atomic E-state index is 11.2. The number of hydrogen-bond acceptors (Lipinski definition) is 5. The van der Waals surface area contributed by atoms with Crippen LogP contribution in [0.3, 0.4) is 0 Å². The molecule has 0 aliphatic rings. The third kappa shape index (κ3) is 2.77. The van der Waals surface area contributed by atoms with Crippen LogP contribution >= 0.6 is 23.4 Å². The summed E-state index contributed by atoms with van der Waals surface area (Å²) in [5, 5.41) is 1.32. The summed E-state index contributed by atoms with van der Waals surface area (Å²) in [7, 11) is 0. The number of hydrogen-bond donors (Lipinski definition) is 1. The van der Waals surface area contributed by atoms with E-state index in [-0.39, 0.29) is 10.7 Å². The molecule has 0 amide bonds. The molecule has 21 heavy (non-hydrogen) atoms. The Balaban J connectivity index is 2.04. The number of halogens is 1. The minimum absolute atomic E-state index is 0.159. The smallest absolute Gasteiger partial charge is 0.172 e. The number of carbonyl (C=O) groups excluding carboxylic acids is 1. The van der Waals surface area contributed by atoms with Crippen LogP contribution in [-0.2, 0) is 0 Å². The molecule has 1 N–H and O–H groups in total. The first-order valence-electron chi connectivity index (χ1n) is 6.20. The van der Waals surface area contributed by atoms with Crippen LogP contribution in [0.1, 0.15) is 21.7 Å². The molecule has 2 heterocycles. The van der Waals surface area contributed by atoms with E-state index in [0.717, 1.165) is 16.6 Å². The topological polar surface area (TPSA) is 71.5 Å².